The van der Waals surface area contributed by atoms with Gasteiger partial charge in [-0.2, -0.15) is 0 Å². The third-order valence-corrected chi connectivity index (χ3v) is 1.19. The molecule has 2 N–H and O–H groups in total. The lowest BCUT2D eigenvalue weighted by atomic mass is 10.2. The Labute approximate surface area is 72.8 Å². The third kappa shape index (κ3) is 4.39. The average molecular weight is 174 g/mol. The summed E-state index contributed by atoms with van der Waals surface area (Å²) in [7, 11) is 0. The van der Waals surface area contributed by atoms with Crippen LogP contribution in [0.4, 0.5) is 5.69 Å². The summed E-state index contributed by atoms with van der Waals surface area (Å²) in [6.45, 7) is 4.00. The van der Waals surface area contributed by atoms with Crippen LogP contribution in [0.15, 0.2) is 24.3 Å². The van der Waals surface area contributed by atoms with Crippen molar-refractivity contribution in [2.75, 3.05) is 5.73 Å². The van der Waals surface area contributed by atoms with Crippen LogP contribution in [0, 0.1) is 6.92 Å². The molecular weight excluding hydrogens is 162 g/mol. The zero-order valence-electron chi connectivity index (χ0n) is 6.41. The molecule has 1 aromatic rings. The van der Waals surface area contributed by atoms with Gasteiger partial charge in [0.15, 0.2) is 0 Å². The van der Waals surface area contributed by atoms with Crippen LogP contribution in [-0.4, -0.2) is 6.79 Å². The number of benzene rings is 1. The molecule has 0 aliphatic carbocycles. The Morgan fingerprint density at radius 3 is 2.00 bits per heavy atom. The van der Waals surface area contributed by atoms with Gasteiger partial charge in [-0.15, -0.1) is 12.4 Å². The fraction of sp³-hybridized carbons (Fsp3) is 0.125. The van der Waals surface area contributed by atoms with E-state index in [0.29, 0.717) is 0 Å². The molecule has 0 amide bonds. The minimum atomic E-state index is 0. The lowest BCUT2D eigenvalue weighted by molar-refractivity contribution is -0.0979. The standard InChI is InChI=1S/C7H9N.CH2O.ClH/c1-6-4-2-3-5-7(6)8;1-2;/h2-5H,8H2,1H3;1H2;1H. The van der Waals surface area contributed by atoms with E-state index in [4.69, 9.17) is 10.5 Å². The van der Waals surface area contributed by atoms with Gasteiger partial charge >= 0.3 is 0 Å². The first-order valence-electron chi connectivity index (χ1n) is 2.90. The largest absolute Gasteiger partial charge is 0.399 e. The second-order valence-corrected chi connectivity index (χ2v) is 1.86. The van der Waals surface area contributed by atoms with Gasteiger partial charge in [-0.25, -0.2) is 0 Å². The summed E-state index contributed by atoms with van der Waals surface area (Å²) in [6, 6.07) is 7.80. The lowest BCUT2D eigenvalue weighted by Gasteiger charge is -1.93. The first-order chi connectivity index (χ1) is 4.80. The fourth-order valence-corrected chi connectivity index (χ4v) is 0.587. The Bertz CT molecular complexity index is 182. The normalized spacial score (nSPS) is 7.00. The molecule has 0 radical (unpaired) electrons. The van der Waals surface area contributed by atoms with Crippen molar-refractivity contribution in [1.29, 1.82) is 0 Å². The summed E-state index contributed by atoms with van der Waals surface area (Å²) in [6.07, 6.45) is 0. The van der Waals surface area contributed by atoms with Crippen molar-refractivity contribution in [2.45, 2.75) is 6.92 Å². The molecule has 0 fully saturated rings. The highest BCUT2D eigenvalue weighted by molar-refractivity contribution is 5.85. The quantitative estimate of drug-likeness (QED) is 0.609. The number of rotatable bonds is 0. The smallest absolute Gasteiger partial charge is 0.106 e. The Morgan fingerprint density at radius 2 is 1.73 bits per heavy atom. The lowest BCUT2D eigenvalue weighted by Crippen LogP contribution is -1.85. The van der Waals surface area contributed by atoms with Gasteiger partial charge in [0.25, 0.3) is 0 Å². The monoisotopic (exact) mass is 173 g/mol. The summed E-state index contributed by atoms with van der Waals surface area (Å²) >= 11 is 0. The van der Waals surface area contributed by atoms with Crippen molar-refractivity contribution in [3.05, 3.63) is 29.8 Å². The number of nitrogens with two attached hydrogens (primary N) is 1. The number of nitrogen functional groups attached to an aromatic ring is 1. The van der Waals surface area contributed by atoms with Crippen molar-refractivity contribution < 1.29 is 4.79 Å². The molecule has 0 aliphatic rings. The molecule has 0 saturated carbocycles. The average Bonchev–Trinajstić information content (AvgIpc) is 2.00. The van der Waals surface area contributed by atoms with Gasteiger partial charge in [0.05, 0.1) is 0 Å². The maximum absolute atomic E-state index is 8.00. The molecule has 3 heteroatoms. The van der Waals surface area contributed by atoms with Crippen LogP contribution >= 0.6 is 12.4 Å². The number of carbonyl (C=O) groups excluding carboxylic acids is 1. The molecule has 0 aromatic heterocycles. The van der Waals surface area contributed by atoms with E-state index in [1.165, 1.54) is 0 Å². The highest BCUT2D eigenvalue weighted by Gasteiger charge is 1.84. The molecule has 1 rings (SSSR count). The topological polar surface area (TPSA) is 43.1 Å². The molecule has 11 heavy (non-hydrogen) atoms. The van der Waals surface area contributed by atoms with Crippen molar-refractivity contribution in [2.24, 2.45) is 0 Å². The van der Waals surface area contributed by atoms with Crippen LogP contribution in [0.1, 0.15) is 5.56 Å². The van der Waals surface area contributed by atoms with Crippen LogP contribution in [-0.2, 0) is 4.79 Å². The molecule has 0 unspecified atom stereocenters. The van der Waals surface area contributed by atoms with Gasteiger partial charge in [0.2, 0.25) is 0 Å². The van der Waals surface area contributed by atoms with Gasteiger partial charge in [0, 0.05) is 5.69 Å². The maximum Gasteiger partial charge on any atom is 0.106 e. The molecule has 0 heterocycles. The van der Waals surface area contributed by atoms with Crippen LogP contribution < -0.4 is 5.73 Å². The highest BCUT2D eigenvalue weighted by Crippen LogP contribution is 2.06. The van der Waals surface area contributed by atoms with Crippen LogP contribution in [0.2, 0.25) is 0 Å². The fourth-order valence-electron chi connectivity index (χ4n) is 0.587. The number of hydrogen-bond donors (Lipinski definition) is 1. The van der Waals surface area contributed by atoms with Gasteiger partial charge in [-0.1, -0.05) is 18.2 Å². The molecule has 2 nitrogen and oxygen atoms in total. The number of anilines is 1. The Kier molecular flexibility index (Phi) is 8.15. The van der Waals surface area contributed by atoms with Crippen molar-refractivity contribution in [3.63, 3.8) is 0 Å². The Hall–Kier alpha value is -1.02. The second-order valence-electron chi connectivity index (χ2n) is 1.86. The van der Waals surface area contributed by atoms with Crippen molar-refractivity contribution in [3.8, 4) is 0 Å². The van der Waals surface area contributed by atoms with Crippen LogP contribution in [0.25, 0.3) is 0 Å². The molecule has 0 bridgehead atoms. The van der Waals surface area contributed by atoms with E-state index < -0.39 is 0 Å². The van der Waals surface area contributed by atoms with Crippen LogP contribution in [0.5, 0.6) is 0 Å². The summed E-state index contributed by atoms with van der Waals surface area (Å²) < 4.78 is 0. The number of aryl methyl sites for hydroxylation is 1. The molecule has 0 spiro atoms. The predicted molar refractivity (Wildman–Crippen MR) is 50.0 cm³/mol. The maximum atomic E-state index is 8.00. The first kappa shape index (κ1) is 12.6. The number of carbonyl (C=O) groups is 1. The summed E-state index contributed by atoms with van der Waals surface area (Å²) in [5.74, 6) is 0. The second kappa shape index (κ2) is 7.09. The third-order valence-electron chi connectivity index (χ3n) is 1.19. The predicted octanol–water partition coefficient (Wildman–Crippen LogP) is 1.81. The number of halogens is 1. The molecule has 62 valence electrons. The van der Waals surface area contributed by atoms with E-state index >= 15 is 0 Å². The minimum Gasteiger partial charge on any atom is -0.399 e. The van der Waals surface area contributed by atoms with E-state index in [-0.39, 0.29) is 12.4 Å². The van der Waals surface area contributed by atoms with E-state index in [1.807, 2.05) is 38.0 Å². The molecule has 1 aromatic carbocycles. The SMILES string of the molecule is C=O.Cc1ccccc1N.Cl. The zero-order valence-corrected chi connectivity index (χ0v) is 7.23. The van der Waals surface area contributed by atoms with Gasteiger partial charge in [-0.05, 0) is 18.6 Å². The van der Waals surface area contributed by atoms with E-state index in [9.17, 15) is 0 Å². The van der Waals surface area contributed by atoms with Gasteiger partial charge < -0.3 is 10.5 Å². The summed E-state index contributed by atoms with van der Waals surface area (Å²) in [5, 5.41) is 0. The Morgan fingerprint density at radius 1 is 1.27 bits per heavy atom. The van der Waals surface area contributed by atoms with Gasteiger partial charge in [-0.3, -0.25) is 0 Å². The van der Waals surface area contributed by atoms with Gasteiger partial charge in [0.1, 0.15) is 6.79 Å². The molecule has 0 saturated heterocycles. The van der Waals surface area contributed by atoms with Crippen LogP contribution in [0.3, 0.4) is 0 Å². The number of hydrogen-bond acceptors (Lipinski definition) is 2. The Balaban J connectivity index is 0. The van der Waals surface area contributed by atoms with E-state index in [1.54, 1.807) is 0 Å². The van der Waals surface area contributed by atoms with Crippen molar-refractivity contribution >= 4 is 24.9 Å². The molecule has 0 atom stereocenters. The first-order valence-corrected chi connectivity index (χ1v) is 2.90. The van der Waals surface area contributed by atoms with E-state index in [0.717, 1.165) is 11.3 Å². The molecular formula is C8H12ClNO. The summed E-state index contributed by atoms with van der Waals surface area (Å²) in [4.78, 5) is 8.00. The minimum absolute atomic E-state index is 0. The van der Waals surface area contributed by atoms with Crippen molar-refractivity contribution in [1.82, 2.24) is 0 Å². The number of para-hydroxylation sites is 1. The zero-order chi connectivity index (χ0) is 7.98. The van der Waals surface area contributed by atoms with E-state index in [2.05, 4.69) is 0 Å². The molecule has 0 aliphatic heterocycles. The highest BCUT2D eigenvalue weighted by atomic mass is 35.5. The summed E-state index contributed by atoms with van der Waals surface area (Å²) in [5.41, 5.74) is 7.53.